The summed E-state index contributed by atoms with van der Waals surface area (Å²) in [5, 5.41) is 0. The number of ether oxygens (including phenoxy) is 3. The molecule has 0 bridgehead atoms. The average molecular weight is 367 g/mol. The van der Waals surface area contributed by atoms with Crippen LogP contribution in [0.15, 0.2) is 42.5 Å². The Morgan fingerprint density at radius 1 is 1.07 bits per heavy atom. The van der Waals surface area contributed by atoms with Crippen LogP contribution in [0.25, 0.3) is 0 Å². The second-order valence-electron chi connectivity index (χ2n) is 8.40. The second kappa shape index (κ2) is 6.45. The third-order valence-corrected chi connectivity index (χ3v) is 6.63. The molecule has 4 heteroatoms. The lowest BCUT2D eigenvalue weighted by molar-refractivity contribution is -0.00301. The molecule has 3 atom stereocenters. The summed E-state index contributed by atoms with van der Waals surface area (Å²) in [5.74, 6) is 3.06. The molecule has 0 aliphatic carbocycles. The molecule has 4 rings (SSSR count). The van der Waals surface area contributed by atoms with E-state index >= 15 is 0 Å². The SMILES string of the molecule is CCC(C)(c1ccc2c(c1)OCO2)C1c2ccccc2OC(C)(C)C1CN. The van der Waals surface area contributed by atoms with Gasteiger partial charge in [-0.25, -0.2) is 0 Å². The molecule has 2 aromatic rings. The summed E-state index contributed by atoms with van der Waals surface area (Å²) in [6, 6.07) is 14.8. The first-order valence-corrected chi connectivity index (χ1v) is 9.79. The van der Waals surface area contributed by atoms with Crippen molar-refractivity contribution in [2.75, 3.05) is 13.3 Å². The van der Waals surface area contributed by atoms with Crippen LogP contribution in [-0.4, -0.2) is 18.9 Å². The van der Waals surface area contributed by atoms with Crippen LogP contribution in [-0.2, 0) is 5.41 Å². The van der Waals surface area contributed by atoms with Gasteiger partial charge in [0.1, 0.15) is 11.4 Å². The first kappa shape index (κ1) is 18.2. The number of para-hydroxylation sites is 1. The average Bonchev–Trinajstić information content (AvgIpc) is 3.13. The van der Waals surface area contributed by atoms with Crippen LogP contribution in [0.3, 0.4) is 0 Å². The van der Waals surface area contributed by atoms with E-state index in [0.717, 1.165) is 23.7 Å². The van der Waals surface area contributed by atoms with Gasteiger partial charge in [0.15, 0.2) is 11.5 Å². The Labute approximate surface area is 161 Å². The van der Waals surface area contributed by atoms with E-state index in [0.29, 0.717) is 13.3 Å². The maximum Gasteiger partial charge on any atom is 0.231 e. The lowest BCUT2D eigenvalue weighted by atomic mass is 9.58. The molecule has 0 saturated heterocycles. The summed E-state index contributed by atoms with van der Waals surface area (Å²) in [6.07, 6.45) is 0.984. The fourth-order valence-corrected chi connectivity index (χ4v) is 4.87. The fourth-order valence-electron chi connectivity index (χ4n) is 4.87. The summed E-state index contributed by atoms with van der Waals surface area (Å²) in [5.41, 5.74) is 8.38. The van der Waals surface area contributed by atoms with Gasteiger partial charge in [-0.2, -0.15) is 0 Å². The van der Waals surface area contributed by atoms with E-state index in [1.165, 1.54) is 11.1 Å². The lowest BCUT2D eigenvalue weighted by Crippen LogP contribution is -2.52. The maximum absolute atomic E-state index is 6.38. The highest BCUT2D eigenvalue weighted by atomic mass is 16.7. The van der Waals surface area contributed by atoms with E-state index in [1.807, 2.05) is 12.1 Å². The Morgan fingerprint density at radius 2 is 1.81 bits per heavy atom. The summed E-state index contributed by atoms with van der Waals surface area (Å²) in [7, 11) is 0. The summed E-state index contributed by atoms with van der Waals surface area (Å²) >= 11 is 0. The van der Waals surface area contributed by atoms with Crippen molar-refractivity contribution >= 4 is 0 Å². The summed E-state index contributed by atoms with van der Waals surface area (Å²) in [6.45, 7) is 9.78. The predicted molar refractivity (Wildman–Crippen MR) is 107 cm³/mol. The van der Waals surface area contributed by atoms with Crippen molar-refractivity contribution in [3.63, 3.8) is 0 Å². The standard InChI is InChI=1S/C23H29NO3/c1-5-23(4,15-10-11-19-20(12-15)26-14-25-19)21-16-8-6-7-9-18(16)27-22(2,3)17(21)13-24/h6-12,17,21H,5,13-14,24H2,1-4H3. The Balaban J connectivity index is 1.89. The Kier molecular flexibility index (Phi) is 4.34. The molecule has 2 aromatic carbocycles. The first-order valence-electron chi connectivity index (χ1n) is 9.79. The largest absolute Gasteiger partial charge is 0.487 e. The Bertz CT molecular complexity index is 847. The molecule has 144 valence electrons. The van der Waals surface area contributed by atoms with E-state index in [2.05, 4.69) is 58.0 Å². The molecular formula is C23H29NO3. The minimum atomic E-state index is -0.333. The molecule has 0 aromatic heterocycles. The zero-order valence-corrected chi connectivity index (χ0v) is 16.6. The van der Waals surface area contributed by atoms with Crippen molar-refractivity contribution in [3.8, 4) is 17.2 Å². The van der Waals surface area contributed by atoms with Crippen LogP contribution in [0.1, 0.15) is 51.2 Å². The molecule has 2 aliphatic rings. The second-order valence-corrected chi connectivity index (χ2v) is 8.40. The number of nitrogens with two attached hydrogens (primary N) is 1. The molecule has 0 fully saturated rings. The smallest absolute Gasteiger partial charge is 0.231 e. The highest BCUT2D eigenvalue weighted by Gasteiger charge is 2.50. The van der Waals surface area contributed by atoms with E-state index in [1.54, 1.807) is 0 Å². The van der Waals surface area contributed by atoms with Crippen LogP contribution in [0.5, 0.6) is 17.2 Å². The van der Waals surface area contributed by atoms with E-state index in [-0.39, 0.29) is 22.9 Å². The highest BCUT2D eigenvalue weighted by Crippen LogP contribution is 2.55. The summed E-state index contributed by atoms with van der Waals surface area (Å²) < 4.78 is 17.6. The topological polar surface area (TPSA) is 53.7 Å². The van der Waals surface area contributed by atoms with Gasteiger partial charge in [0.05, 0.1) is 0 Å². The van der Waals surface area contributed by atoms with Crippen LogP contribution in [0, 0.1) is 5.92 Å². The van der Waals surface area contributed by atoms with Gasteiger partial charge in [0.2, 0.25) is 6.79 Å². The monoisotopic (exact) mass is 367 g/mol. The van der Waals surface area contributed by atoms with E-state index in [9.17, 15) is 0 Å². The first-order chi connectivity index (χ1) is 12.9. The number of hydrogen-bond acceptors (Lipinski definition) is 4. The molecule has 3 unspecified atom stereocenters. The number of benzene rings is 2. The number of fused-ring (bicyclic) bond motifs is 2. The zero-order chi connectivity index (χ0) is 19.2. The van der Waals surface area contributed by atoms with Crippen LogP contribution in [0.2, 0.25) is 0 Å². The number of rotatable bonds is 4. The fraction of sp³-hybridized carbons (Fsp3) is 0.478. The van der Waals surface area contributed by atoms with Gasteiger partial charge in [-0.1, -0.05) is 38.1 Å². The molecule has 0 radical (unpaired) electrons. The maximum atomic E-state index is 6.38. The molecule has 4 nitrogen and oxygen atoms in total. The van der Waals surface area contributed by atoms with Crippen molar-refractivity contribution in [3.05, 3.63) is 53.6 Å². The van der Waals surface area contributed by atoms with Crippen molar-refractivity contribution in [2.45, 2.75) is 51.0 Å². The molecule has 2 aliphatic heterocycles. The van der Waals surface area contributed by atoms with Crippen molar-refractivity contribution in [2.24, 2.45) is 11.7 Å². The molecule has 0 amide bonds. The predicted octanol–water partition coefficient (Wildman–Crippen LogP) is 4.61. The minimum absolute atomic E-state index is 0.109. The third-order valence-electron chi connectivity index (χ3n) is 6.63. The van der Waals surface area contributed by atoms with Crippen molar-refractivity contribution in [1.82, 2.24) is 0 Å². The Morgan fingerprint density at radius 3 is 2.56 bits per heavy atom. The van der Waals surface area contributed by atoms with Gasteiger partial charge >= 0.3 is 0 Å². The molecule has 0 spiro atoms. The van der Waals surface area contributed by atoms with E-state index in [4.69, 9.17) is 19.9 Å². The van der Waals surface area contributed by atoms with Gasteiger partial charge in [0, 0.05) is 11.8 Å². The zero-order valence-electron chi connectivity index (χ0n) is 16.6. The molecule has 27 heavy (non-hydrogen) atoms. The van der Waals surface area contributed by atoms with Gasteiger partial charge < -0.3 is 19.9 Å². The van der Waals surface area contributed by atoms with Crippen molar-refractivity contribution < 1.29 is 14.2 Å². The van der Waals surface area contributed by atoms with Gasteiger partial charge in [-0.3, -0.25) is 0 Å². The van der Waals surface area contributed by atoms with Crippen LogP contribution in [0.4, 0.5) is 0 Å². The lowest BCUT2D eigenvalue weighted by Gasteiger charge is -2.51. The van der Waals surface area contributed by atoms with Gasteiger partial charge in [-0.15, -0.1) is 0 Å². The minimum Gasteiger partial charge on any atom is -0.487 e. The highest BCUT2D eigenvalue weighted by molar-refractivity contribution is 5.50. The van der Waals surface area contributed by atoms with Gasteiger partial charge in [0.25, 0.3) is 0 Å². The molecule has 0 saturated carbocycles. The Hall–Kier alpha value is -2.20. The van der Waals surface area contributed by atoms with Gasteiger partial charge in [-0.05, 0) is 61.6 Å². The summed E-state index contributed by atoms with van der Waals surface area (Å²) in [4.78, 5) is 0. The van der Waals surface area contributed by atoms with Crippen LogP contribution < -0.4 is 19.9 Å². The van der Waals surface area contributed by atoms with Crippen molar-refractivity contribution in [1.29, 1.82) is 0 Å². The van der Waals surface area contributed by atoms with E-state index < -0.39 is 0 Å². The molecular weight excluding hydrogens is 338 g/mol. The molecule has 2 heterocycles. The van der Waals surface area contributed by atoms with Crippen LogP contribution >= 0.6 is 0 Å². The number of hydrogen-bond donors (Lipinski definition) is 1. The quantitative estimate of drug-likeness (QED) is 0.857. The normalized spacial score (nSPS) is 24.6. The third kappa shape index (κ3) is 2.78. The molecule has 2 N–H and O–H groups in total.